The minimum atomic E-state index is -0.758. The van der Waals surface area contributed by atoms with E-state index in [1.807, 2.05) is 31.2 Å². The van der Waals surface area contributed by atoms with Crippen molar-refractivity contribution in [2.24, 2.45) is 5.92 Å². The first-order valence-corrected chi connectivity index (χ1v) is 11.9. The molecule has 1 atom stereocenters. The third-order valence-corrected chi connectivity index (χ3v) is 6.15. The first kappa shape index (κ1) is 23.8. The summed E-state index contributed by atoms with van der Waals surface area (Å²) in [5.41, 5.74) is 2.83. The predicted molar refractivity (Wildman–Crippen MR) is 137 cm³/mol. The highest BCUT2D eigenvalue weighted by Gasteiger charge is 2.47. The molecule has 0 aliphatic carbocycles. The maximum atomic E-state index is 13.3. The van der Waals surface area contributed by atoms with Crippen LogP contribution in [0.15, 0.2) is 82.8 Å². The Morgan fingerprint density at radius 2 is 1.71 bits per heavy atom. The van der Waals surface area contributed by atoms with E-state index in [0.29, 0.717) is 29.5 Å². The molecule has 5 nitrogen and oxygen atoms in total. The Hall–Kier alpha value is -3.38. The number of carbonyl (C=O) groups is 2. The van der Waals surface area contributed by atoms with Crippen molar-refractivity contribution in [2.45, 2.75) is 26.8 Å². The van der Waals surface area contributed by atoms with Gasteiger partial charge in [0.1, 0.15) is 11.5 Å². The zero-order chi connectivity index (χ0) is 24.4. The number of benzene rings is 3. The molecule has 1 fully saturated rings. The van der Waals surface area contributed by atoms with Crippen LogP contribution in [0.5, 0.6) is 5.75 Å². The number of hydrogen-bond acceptors (Lipinski definition) is 4. The number of Topliss-reactive ketones (excluding diaryl/α,β-unsaturated/α-hetero) is 1. The summed E-state index contributed by atoms with van der Waals surface area (Å²) >= 11 is 3.38. The number of aliphatic hydroxyl groups excluding tert-OH is 1. The predicted octanol–water partition coefficient (Wildman–Crippen LogP) is 6.42. The van der Waals surface area contributed by atoms with Crippen molar-refractivity contribution in [1.82, 2.24) is 0 Å². The summed E-state index contributed by atoms with van der Waals surface area (Å²) in [5, 5.41) is 11.2. The number of halogens is 1. The number of aliphatic hydroxyl groups is 1. The fourth-order valence-corrected chi connectivity index (χ4v) is 4.25. The van der Waals surface area contributed by atoms with Crippen LogP contribution in [0, 0.1) is 12.8 Å². The fourth-order valence-electron chi connectivity index (χ4n) is 3.98. The zero-order valence-corrected chi connectivity index (χ0v) is 20.9. The molecule has 6 heteroatoms. The Kier molecular flexibility index (Phi) is 6.89. The summed E-state index contributed by atoms with van der Waals surface area (Å²) in [6, 6.07) is 21.0. The molecule has 1 saturated heterocycles. The number of ether oxygens (including phenoxy) is 1. The monoisotopic (exact) mass is 519 g/mol. The Morgan fingerprint density at radius 1 is 1.03 bits per heavy atom. The van der Waals surface area contributed by atoms with E-state index in [1.165, 1.54) is 4.90 Å². The molecule has 0 radical (unpaired) electrons. The van der Waals surface area contributed by atoms with Crippen molar-refractivity contribution in [3.05, 3.63) is 99.5 Å². The molecule has 174 valence electrons. The molecule has 3 aromatic rings. The Balaban J connectivity index is 1.82. The second kappa shape index (κ2) is 9.85. The van der Waals surface area contributed by atoms with E-state index in [0.717, 1.165) is 15.6 Å². The maximum absolute atomic E-state index is 13.3. The molecule has 1 heterocycles. The summed E-state index contributed by atoms with van der Waals surface area (Å²) < 4.78 is 6.61. The van der Waals surface area contributed by atoms with E-state index < -0.39 is 17.7 Å². The van der Waals surface area contributed by atoms with Crippen LogP contribution < -0.4 is 9.64 Å². The zero-order valence-electron chi connectivity index (χ0n) is 19.3. The second-order valence-electron chi connectivity index (χ2n) is 8.79. The van der Waals surface area contributed by atoms with Crippen LogP contribution >= 0.6 is 15.9 Å². The van der Waals surface area contributed by atoms with Gasteiger partial charge in [-0.15, -0.1) is 0 Å². The van der Waals surface area contributed by atoms with Crippen molar-refractivity contribution in [3.8, 4) is 5.75 Å². The lowest BCUT2D eigenvalue weighted by molar-refractivity contribution is -0.132. The van der Waals surface area contributed by atoms with Crippen LogP contribution in [0.1, 0.15) is 36.6 Å². The number of nitrogens with zero attached hydrogens (tertiary/aromatic N) is 1. The number of carbonyl (C=O) groups excluding carboxylic acids is 2. The molecule has 1 aliphatic rings. The first-order chi connectivity index (χ1) is 16.3. The summed E-state index contributed by atoms with van der Waals surface area (Å²) in [7, 11) is 0. The minimum absolute atomic E-state index is 0.0676. The largest absolute Gasteiger partial charge is 0.507 e. The van der Waals surface area contributed by atoms with E-state index in [2.05, 4.69) is 29.8 Å². The summed E-state index contributed by atoms with van der Waals surface area (Å²) in [4.78, 5) is 28.0. The van der Waals surface area contributed by atoms with Gasteiger partial charge in [-0.3, -0.25) is 14.5 Å². The van der Waals surface area contributed by atoms with Gasteiger partial charge in [0, 0.05) is 15.7 Å². The van der Waals surface area contributed by atoms with Crippen LogP contribution in [0.25, 0.3) is 5.76 Å². The molecule has 0 aromatic heterocycles. The van der Waals surface area contributed by atoms with Gasteiger partial charge < -0.3 is 9.84 Å². The van der Waals surface area contributed by atoms with Crippen LogP contribution in [0.2, 0.25) is 0 Å². The Labute approximate surface area is 207 Å². The molecule has 34 heavy (non-hydrogen) atoms. The van der Waals surface area contributed by atoms with Gasteiger partial charge in [-0.1, -0.05) is 71.7 Å². The third-order valence-electron chi connectivity index (χ3n) is 5.62. The Bertz CT molecular complexity index is 1250. The van der Waals surface area contributed by atoms with Gasteiger partial charge in [-0.25, -0.2) is 0 Å². The number of amides is 1. The lowest BCUT2D eigenvalue weighted by Gasteiger charge is -2.26. The molecule has 0 spiro atoms. The number of aryl methyl sites for hydroxylation is 1. The molecule has 0 saturated carbocycles. The van der Waals surface area contributed by atoms with Crippen molar-refractivity contribution >= 4 is 39.1 Å². The van der Waals surface area contributed by atoms with Crippen LogP contribution in [-0.2, 0) is 9.59 Å². The normalized spacial score (nSPS) is 17.4. The molecule has 3 aromatic carbocycles. The molecular formula is C28H26BrNO4. The van der Waals surface area contributed by atoms with Gasteiger partial charge in [0.15, 0.2) is 0 Å². The van der Waals surface area contributed by atoms with Crippen molar-refractivity contribution in [3.63, 3.8) is 0 Å². The summed E-state index contributed by atoms with van der Waals surface area (Å²) in [6.07, 6.45) is 0. The number of anilines is 1. The summed E-state index contributed by atoms with van der Waals surface area (Å²) in [5.74, 6) is -0.515. The lowest BCUT2D eigenvalue weighted by Crippen LogP contribution is -2.29. The van der Waals surface area contributed by atoms with Crippen LogP contribution in [0.3, 0.4) is 0 Å². The molecule has 1 unspecified atom stereocenters. The van der Waals surface area contributed by atoms with Crippen molar-refractivity contribution in [1.29, 1.82) is 0 Å². The van der Waals surface area contributed by atoms with E-state index >= 15 is 0 Å². The maximum Gasteiger partial charge on any atom is 0.300 e. The van der Waals surface area contributed by atoms with Crippen LogP contribution in [-0.4, -0.2) is 23.4 Å². The average Bonchev–Trinajstić information content (AvgIpc) is 3.08. The van der Waals surface area contributed by atoms with Gasteiger partial charge in [-0.2, -0.15) is 0 Å². The number of ketones is 1. The van der Waals surface area contributed by atoms with E-state index in [1.54, 1.807) is 48.5 Å². The van der Waals surface area contributed by atoms with Crippen molar-refractivity contribution < 1.29 is 19.4 Å². The fraction of sp³-hybridized carbons (Fsp3) is 0.214. The number of hydrogen-bond donors (Lipinski definition) is 1. The van der Waals surface area contributed by atoms with Gasteiger partial charge in [0.25, 0.3) is 11.7 Å². The average molecular weight is 520 g/mol. The molecule has 1 N–H and O–H groups in total. The topological polar surface area (TPSA) is 66.8 Å². The second-order valence-corrected chi connectivity index (χ2v) is 9.70. The number of rotatable bonds is 6. The third kappa shape index (κ3) is 4.77. The van der Waals surface area contributed by atoms with Gasteiger partial charge in [0.2, 0.25) is 0 Å². The highest BCUT2D eigenvalue weighted by molar-refractivity contribution is 9.10. The highest BCUT2D eigenvalue weighted by atomic mass is 79.9. The smallest absolute Gasteiger partial charge is 0.300 e. The molecule has 1 aliphatic heterocycles. The highest BCUT2D eigenvalue weighted by Crippen LogP contribution is 2.42. The SMILES string of the molecule is Cc1cccc(C2/C(=C(/O)c3ccc(Br)cc3)C(=O)C(=O)N2c2ccc(OCC(C)C)cc2)c1. The van der Waals surface area contributed by atoms with Crippen molar-refractivity contribution in [2.75, 3.05) is 11.5 Å². The van der Waals surface area contributed by atoms with E-state index in [4.69, 9.17) is 4.74 Å². The molecule has 4 rings (SSSR count). The lowest BCUT2D eigenvalue weighted by atomic mass is 9.94. The van der Waals surface area contributed by atoms with Gasteiger partial charge in [-0.05, 0) is 54.8 Å². The van der Waals surface area contributed by atoms with E-state index in [-0.39, 0.29) is 11.3 Å². The van der Waals surface area contributed by atoms with Gasteiger partial charge >= 0.3 is 0 Å². The Morgan fingerprint density at radius 3 is 2.32 bits per heavy atom. The van der Waals surface area contributed by atoms with E-state index in [9.17, 15) is 14.7 Å². The first-order valence-electron chi connectivity index (χ1n) is 11.1. The quantitative estimate of drug-likeness (QED) is 0.232. The van der Waals surface area contributed by atoms with Crippen LogP contribution in [0.4, 0.5) is 5.69 Å². The summed E-state index contributed by atoms with van der Waals surface area (Å²) in [6.45, 7) is 6.67. The minimum Gasteiger partial charge on any atom is -0.507 e. The molecule has 1 amide bonds. The van der Waals surface area contributed by atoms with Gasteiger partial charge in [0.05, 0.1) is 18.2 Å². The standard InChI is InChI=1S/C28H26BrNO4/c1-17(2)16-34-23-13-11-22(12-14-23)30-25(20-6-4-5-18(3)15-20)24(27(32)28(30)33)26(31)19-7-9-21(29)10-8-19/h4-15,17,25,31H,16H2,1-3H3/b26-24-. The molecule has 0 bridgehead atoms. The molecular weight excluding hydrogens is 494 g/mol.